The second kappa shape index (κ2) is 6.02. The summed E-state index contributed by atoms with van der Waals surface area (Å²) in [6, 6.07) is 19.4. The molecule has 1 atom stereocenters. The fraction of sp³-hybridized carbons (Fsp3) is 0.0556. The molecule has 1 aromatic heterocycles. The third-order valence-electron chi connectivity index (χ3n) is 3.89. The maximum atomic E-state index is 12.7. The molecule has 0 N–H and O–H groups in total. The Morgan fingerprint density at radius 2 is 1.72 bits per heavy atom. The lowest BCUT2D eigenvalue weighted by Crippen LogP contribution is -2.35. The maximum absolute atomic E-state index is 12.7. The molecule has 1 unspecified atom stereocenters. The minimum absolute atomic E-state index is 0.309. The van der Waals surface area contributed by atoms with E-state index >= 15 is 0 Å². The maximum Gasteiger partial charge on any atom is 0.260 e. The van der Waals surface area contributed by atoms with Crippen LogP contribution in [-0.4, -0.2) is 32.1 Å². The number of benzene rings is 2. The number of nitrogens with zero attached hydrogens (tertiary/aromatic N) is 6. The lowest BCUT2D eigenvalue weighted by molar-refractivity contribution is 0.0827. The molecule has 7 heteroatoms. The Balaban J connectivity index is 1.74. The molecule has 120 valence electrons. The van der Waals surface area contributed by atoms with Crippen molar-refractivity contribution in [3.63, 3.8) is 0 Å². The van der Waals surface area contributed by atoms with Gasteiger partial charge in [0.15, 0.2) is 11.9 Å². The van der Waals surface area contributed by atoms with Gasteiger partial charge in [0.25, 0.3) is 5.91 Å². The average molecular weight is 328 g/mol. The zero-order chi connectivity index (χ0) is 17.2. The highest BCUT2D eigenvalue weighted by Crippen LogP contribution is 2.33. The largest absolute Gasteiger partial charge is 0.276 e. The van der Waals surface area contributed by atoms with Gasteiger partial charge in [-0.1, -0.05) is 41.6 Å². The van der Waals surface area contributed by atoms with Crippen LogP contribution in [0, 0.1) is 11.3 Å². The summed E-state index contributed by atoms with van der Waals surface area (Å²) >= 11 is 0. The molecule has 1 aliphatic rings. The van der Waals surface area contributed by atoms with E-state index in [1.807, 2.05) is 36.4 Å². The van der Waals surface area contributed by atoms with E-state index in [1.54, 1.807) is 28.9 Å². The molecule has 25 heavy (non-hydrogen) atoms. The van der Waals surface area contributed by atoms with E-state index < -0.39 is 6.04 Å². The molecule has 2 heterocycles. The summed E-state index contributed by atoms with van der Waals surface area (Å²) in [7, 11) is 0. The van der Waals surface area contributed by atoms with Crippen LogP contribution < -0.4 is 0 Å². The van der Waals surface area contributed by atoms with Gasteiger partial charge in [-0.05, 0) is 24.3 Å². The second-order valence-corrected chi connectivity index (χ2v) is 5.40. The first-order valence-corrected chi connectivity index (χ1v) is 7.62. The fourth-order valence-electron chi connectivity index (χ4n) is 2.67. The Morgan fingerprint density at radius 1 is 1.04 bits per heavy atom. The van der Waals surface area contributed by atoms with E-state index in [9.17, 15) is 10.1 Å². The first-order chi connectivity index (χ1) is 12.3. The Labute approximate surface area is 143 Å². The normalized spacial score (nSPS) is 15.5. The molecule has 3 aromatic rings. The van der Waals surface area contributed by atoms with Crippen LogP contribution in [0.5, 0.6) is 0 Å². The summed E-state index contributed by atoms with van der Waals surface area (Å²) in [6.07, 6.45) is 1.37. The molecule has 0 bridgehead atoms. The van der Waals surface area contributed by atoms with Gasteiger partial charge in [0, 0.05) is 5.56 Å². The first kappa shape index (κ1) is 14.8. The molecule has 4 rings (SSSR count). The zero-order valence-corrected chi connectivity index (χ0v) is 13.0. The highest BCUT2D eigenvalue weighted by Gasteiger charge is 2.34. The van der Waals surface area contributed by atoms with Gasteiger partial charge in [-0.2, -0.15) is 9.94 Å². The summed E-state index contributed by atoms with van der Waals surface area (Å²) in [5.41, 5.74) is 1.62. The third-order valence-corrected chi connectivity index (χ3v) is 3.89. The van der Waals surface area contributed by atoms with Gasteiger partial charge in [0.05, 0.1) is 11.8 Å². The van der Waals surface area contributed by atoms with Crippen molar-refractivity contribution in [1.82, 2.24) is 19.9 Å². The van der Waals surface area contributed by atoms with Crippen LogP contribution in [0.3, 0.4) is 0 Å². The van der Waals surface area contributed by atoms with E-state index in [1.165, 1.54) is 11.2 Å². The molecule has 0 fully saturated rings. The van der Waals surface area contributed by atoms with E-state index in [2.05, 4.69) is 21.4 Å². The van der Waals surface area contributed by atoms with Crippen LogP contribution in [0.4, 0.5) is 5.82 Å². The van der Waals surface area contributed by atoms with Gasteiger partial charge < -0.3 is 0 Å². The number of amides is 1. The summed E-state index contributed by atoms with van der Waals surface area (Å²) < 4.78 is 1.56. The van der Waals surface area contributed by atoms with Gasteiger partial charge in [-0.3, -0.25) is 9.69 Å². The van der Waals surface area contributed by atoms with Crippen molar-refractivity contribution in [2.75, 3.05) is 0 Å². The van der Waals surface area contributed by atoms with Crippen LogP contribution >= 0.6 is 0 Å². The molecule has 1 amide bonds. The minimum Gasteiger partial charge on any atom is -0.276 e. The Morgan fingerprint density at radius 3 is 2.40 bits per heavy atom. The molecule has 0 spiro atoms. The summed E-state index contributed by atoms with van der Waals surface area (Å²) in [5.74, 6) is 0.144. The van der Waals surface area contributed by atoms with E-state index in [4.69, 9.17) is 0 Å². The van der Waals surface area contributed by atoms with Crippen molar-refractivity contribution in [1.29, 1.82) is 5.26 Å². The van der Waals surface area contributed by atoms with Gasteiger partial charge in [0.2, 0.25) is 0 Å². The standard InChI is InChI=1S/C18H12N6O/c19-11-15-16-17(24(22-21-16)14-9-5-2-6-10-14)20-12-23(15)18(25)13-7-3-1-4-8-13/h1-10,12,15H. The molecule has 2 aromatic carbocycles. The van der Waals surface area contributed by atoms with Crippen molar-refractivity contribution < 1.29 is 4.79 Å². The topological polar surface area (TPSA) is 87.2 Å². The number of aliphatic imine (C=N–C) groups is 1. The van der Waals surface area contributed by atoms with Gasteiger partial charge in [-0.25, -0.2) is 4.99 Å². The van der Waals surface area contributed by atoms with Crippen molar-refractivity contribution in [2.45, 2.75) is 6.04 Å². The number of hydrogen-bond acceptors (Lipinski definition) is 5. The molecular weight excluding hydrogens is 316 g/mol. The highest BCUT2D eigenvalue weighted by molar-refractivity contribution is 6.02. The molecular formula is C18H12N6O. The van der Waals surface area contributed by atoms with Crippen LogP contribution in [0.2, 0.25) is 0 Å². The van der Waals surface area contributed by atoms with E-state index in [0.717, 1.165) is 5.69 Å². The number of rotatable bonds is 2. The number of carbonyl (C=O) groups is 1. The van der Waals surface area contributed by atoms with Crippen molar-refractivity contribution >= 4 is 18.1 Å². The minimum atomic E-state index is -0.877. The number of para-hydroxylation sites is 1. The Hall–Kier alpha value is -3.79. The van der Waals surface area contributed by atoms with Gasteiger partial charge in [0.1, 0.15) is 12.0 Å². The SMILES string of the molecule is N#CC1c2nnn(-c3ccccc3)c2N=CN1C(=O)c1ccccc1. The second-order valence-electron chi connectivity index (χ2n) is 5.40. The third kappa shape index (κ3) is 2.46. The predicted molar refractivity (Wildman–Crippen MR) is 90.5 cm³/mol. The monoisotopic (exact) mass is 328 g/mol. The van der Waals surface area contributed by atoms with Crippen LogP contribution in [0.1, 0.15) is 22.1 Å². The molecule has 0 saturated heterocycles. The molecule has 7 nitrogen and oxygen atoms in total. The zero-order valence-electron chi connectivity index (χ0n) is 13.0. The predicted octanol–water partition coefficient (Wildman–Crippen LogP) is 2.65. The molecule has 0 saturated carbocycles. The van der Waals surface area contributed by atoms with Gasteiger partial charge >= 0.3 is 0 Å². The molecule has 1 aliphatic heterocycles. The number of nitriles is 1. The lowest BCUT2D eigenvalue weighted by atomic mass is 10.1. The molecule has 0 radical (unpaired) electrons. The fourth-order valence-corrected chi connectivity index (χ4v) is 2.67. The Bertz CT molecular complexity index is 987. The van der Waals surface area contributed by atoms with E-state index in [0.29, 0.717) is 17.1 Å². The first-order valence-electron chi connectivity index (χ1n) is 7.62. The Kier molecular flexibility index (Phi) is 3.56. The average Bonchev–Trinajstić information content (AvgIpc) is 3.12. The number of aromatic nitrogens is 3. The van der Waals surface area contributed by atoms with Gasteiger partial charge in [-0.15, -0.1) is 5.10 Å². The smallest absolute Gasteiger partial charge is 0.260 e. The summed E-state index contributed by atoms with van der Waals surface area (Å²) in [6.45, 7) is 0. The number of carbonyl (C=O) groups excluding carboxylic acids is 1. The van der Waals surface area contributed by atoms with Crippen LogP contribution in [-0.2, 0) is 0 Å². The molecule has 0 aliphatic carbocycles. The quantitative estimate of drug-likeness (QED) is 0.723. The van der Waals surface area contributed by atoms with E-state index in [-0.39, 0.29) is 5.91 Å². The number of fused-ring (bicyclic) bond motifs is 1. The summed E-state index contributed by atoms with van der Waals surface area (Å²) in [4.78, 5) is 18.3. The van der Waals surface area contributed by atoms with Crippen molar-refractivity contribution in [3.05, 3.63) is 71.9 Å². The van der Waals surface area contributed by atoms with Crippen molar-refractivity contribution in [2.24, 2.45) is 4.99 Å². The highest BCUT2D eigenvalue weighted by atomic mass is 16.2. The van der Waals surface area contributed by atoms with Crippen molar-refractivity contribution in [3.8, 4) is 11.8 Å². The summed E-state index contributed by atoms with van der Waals surface area (Å²) in [5, 5.41) is 17.8. The number of hydrogen-bond donors (Lipinski definition) is 0. The van der Waals surface area contributed by atoms with Crippen LogP contribution in [0.25, 0.3) is 5.69 Å². The van der Waals surface area contributed by atoms with Crippen LogP contribution in [0.15, 0.2) is 65.7 Å². The lowest BCUT2D eigenvalue weighted by Gasteiger charge is -2.24.